The van der Waals surface area contributed by atoms with Crippen LogP contribution in [0.4, 0.5) is 5.95 Å². The van der Waals surface area contributed by atoms with Crippen LogP contribution >= 0.6 is 27.3 Å². The number of aromatic nitrogens is 2. The number of thiophene rings is 1. The van der Waals surface area contributed by atoms with Crippen LogP contribution in [0.1, 0.15) is 17.0 Å². The summed E-state index contributed by atoms with van der Waals surface area (Å²) in [5, 5.41) is 5.48. The Morgan fingerprint density at radius 3 is 3.05 bits per heavy atom. The number of anilines is 1. The van der Waals surface area contributed by atoms with Crippen molar-refractivity contribution in [3.05, 3.63) is 32.7 Å². The number of methoxy groups -OCH3 is 1. The maximum absolute atomic E-state index is 5.09. The van der Waals surface area contributed by atoms with Crippen molar-refractivity contribution in [2.75, 3.05) is 19.0 Å². The maximum Gasteiger partial charge on any atom is 0.203 e. The van der Waals surface area contributed by atoms with Crippen LogP contribution < -0.4 is 5.32 Å². The van der Waals surface area contributed by atoms with Crippen LogP contribution in [-0.2, 0) is 17.8 Å². The molecular weight excluding hydrogens is 326 g/mol. The van der Waals surface area contributed by atoms with E-state index in [-0.39, 0.29) is 0 Å². The van der Waals surface area contributed by atoms with Crippen LogP contribution in [0.15, 0.2) is 22.1 Å². The highest BCUT2D eigenvalue weighted by atomic mass is 79.9. The third kappa shape index (κ3) is 4.06. The average Bonchev–Trinajstić information content (AvgIpc) is 2.94. The number of hydrogen-bond acceptors (Lipinski definition) is 4. The summed E-state index contributed by atoms with van der Waals surface area (Å²) >= 11 is 5.28. The van der Waals surface area contributed by atoms with Gasteiger partial charge in [-0.1, -0.05) is 0 Å². The molecular formula is C13H18BrN3OS. The summed E-state index contributed by atoms with van der Waals surface area (Å²) in [4.78, 5) is 5.80. The Bertz CT molecular complexity index is 524. The van der Waals surface area contributed by atoms with Crippen LogP contribution in [0, 0.1) is 6.92 Å². The van der Waals surface area contributed by atoms with Crippen molar-refractivity contribution in [2.45, 2.75) is 26.4 Å². The zero-order chi connectivity index (χ0) is 13.7. The molecule has 2 rings (SSSR count). The molecule has 0 fully saturated rings. The topological polar surface area (TPSA) is 39.1 Å². The molecule has 2 aromatic rings. The number of rotatable bonds is 7. The molecule has 0 aliphatic carbocycles. The quantitative estimate of drug-likeness (QED) is 0.779. The van der Waals surface area contributed by atoms with E-state index in [1.165, 1.54) is 4.88 Å². The average molecular weight is 344 g/mol. The Balaban J connectivity index is 1.97. The summed E-state index contributed by atoms with van der Waals surface area (Å²) < 4.78 is 8.39. The van der Waals surface area contributed by atoms with Gasteiger partial charge in [0.25, 0.3) is 0 Å². The molecule has 6 heteroatoms. The molecule has 0 unspecified atom stereocenters. The van der Waals surface area contributed by atoms with Crippen LogP contribution in [-0.4, -0.2) is 23.3 Å². The van der Waals surface area contributed by atoms with Gasteiger partial charge in [0.1, 0.15) is 0 Å². The highest BCUT2D eigenvalue weighted by molar-refractivity contribution is 9.10. The number of nitrogens with one attached hydrogen (secondary N) is 1. The fourth-order valence-electron chi connectivity index (χ4n) is 1.85. The highest BCUT2D eigenvalue weighted by Crippen LogP contribution is 2.23. The van der Waals surface area contributed by atoms with E-state index in [9.17, 15) is 0 Å². The Labute approximate surface area is 125 Å². The standard InChI is InChI=1S/C13H18BrN3OS/c1-10-9-17(5-3-6-18-2)13(16-10)15-8-12-11(14)4-7-19-12/h4,7,9H,3,5-6,8H2,1-2H3,(H,15,16). The van der Waals surface area contributed by atoms with Crippen LogP contribution in [0.3, 0.4) is 0 Å². The van der Waals surface area contributed by atoms with Crippen LogP contribution in [0.25, 0.3) is 0 Å². The number of halogens is 1. The molecule has 19 heavy (non-hydrogen) atoms. The predicted molar refractivity (Wildman–Crippen MR) is 82.8 cm³/mol. The van der Waals surface area contributed by atoms with Gasteiger partial charge in [-0.25, -0.2) is 4.98 Å². The lowest BCUT2D eigenvalue weighted by molar-refractivity contribution is 0.190. The van der Waals surface area contributed by atoms with Crippen molar-refractivity contribution in [1.82, 2.24) is 9.55 Å². The van der Waals surface area contributed by atoms with Gasteiger partial charge in [0, 0.05) is 35.8 Å². The van der Waals surface area contributed by atoms with E-state index >= 15 is 0 Å². The van der Waals surface area contributed by atoms with E-state index < -0.39 is 0 Å². The number of ether oxygens (including phenoxy) is 1. The molecule has 2 heterocycles. The summed E-state index contributed by atoms with van der Waals surface area (Å²) in [6.07, 6.45) is 3.06. The van der Waals surface area contributed by atoms with Gasteiger partial charge in [-0.3, -0.25) is 0 Å². The summed E-state index contributed by atoms with van der Waals surface area (Å²) in [5.74, 6) is 0.925. The molecule has 0 spiro atoms. The summed E-state index contributed by atoms with van der Waals surface area (Å²) in [7, 11) is 1.73. The molecule has 4 nitrogen and oxygen atoms in total. The fourth-order valence-corrected chi connectivity index (χ4v) is 3.28. The van der Waals surface area contributed by atoms with Crippen molar-refractivity contribution >= 4 is 33.2 Å². The minimum Gasteiger partial charge on any atom is -0.385 e. The highest BCUT2D eigenvalue weighted by Gasteiger charge is 2.07. The lowest BCUT2D eigenvalue weighted by atomic mass is 10.4. The third-order valence-corrected chi connectivity index (χ3v) is 4.67. The summed E-state index contributed by atoms with van der Waals surface area (Å²) in [6, 6.07) is 2.07. The Hall–Kier alpha value is -0.850. The van der Waals surface area contributed by atoms with E-state index in [4.69, 9.17) is 4.74 Å². The largest absolute Gasteiger partial charge is 0.385 e. The number of hydrogen-bond donors (Lipinski definition) is 1. The first-order chi connectivity index (χ1) is 9.20. The first-order valence-corrected chi connectivity index (χ1v) is 7.86. The zero-order valence-electron chi connectivity index (χ0n) is 11.1. The molecule has 104 valence electrons. The number of imidazole rings is 1. The Morgan fingerprint density at radius 1 is 1.53 bits per heavy atom. The first kappa shape index (κ1) is 14.6. The molecule has 0 atom stereocenters. The second kappa shape index (κ2) is 7.07. The van der Waals surface area contributed by atoms with Crippen LogP contribution in [0.2, 0.25) is 0 Å². The van der Waals surface area contributed by atoms with E-state index in [0.717, 1.165) is 42.2 Å². The van der Waals surface area contributed by atoms with E-state index in [2.05, 4.69) is 48.4 Å². The maximum atomic E-state index is 5.09. The monoisotopic (exact) mass is 343 g/mol. The van der Waals surface area contributed by atoms with Crippen LogP contribution in [0.5, 0.6) is 0 Å². The second-order valence-electron chi connectivity index (χ2n) is 4.29. The van der Waals surface area contributed by atoms with Gasteiger partial charge in [-0.15, -0.1) is 11.3 Å². The van der Waals surface area contributed by atoms with E-state index in [1.54, 1.807) is 18.4 Å². The van der Waals surface area contributed by atoms with E-state index in [0.29, 0.717) is 0 Å². The van der Waals surface area contributed by atoms with Gasteiger partial charge in [-0.2, -0.15) is 0 Å². The van der Waals surface area contributed by atoms with Gasteiger partial charge in [0.15, 0.2) is 0 Å². The Kier molecular flexibility index (Phi) is 5.42. The molecule has 0 saturated carbocycles. The van der Waals surface area contributed by atoms with Crippen molar-refractivity contribution in [2.24, 2.45) is 0 Å². The lowest BCUT2D eigenvalue weighted by Crippen LogP contribution is -2.08. The Morgan fingerprint density at radius 2 is 2.37 bits per heavy atom. The fraction of sp³-hybridized carbons (Fsp3) is 0.462. The first-order valence-electron chi connectivity index (χ1n) is 6.19. The molecule has 2 aromatic heterocycles. The van der Waals surface area contributed by atoms with Gasteiger partial charge in [0.2, 0.25) is 5.95 Å². The molecule has 0 saturated heterocycles. The minimum atomic E-state index is 0.771. The van der Waals surface area contributed by atoms with Gasteiger partial charge in [0.05, 0.1) is 12.2 Å². The SMILES string of the molecule is COCCCn1cc(C)nc1NCc1sccc1Br. The van der Waals surface area contributed by atoms with Crippen molar-refractivity contribution in [3.63, 3.8) is 0 Å². The van der Waals surface area contributed by atoms with Gasteiger partial charge >= 0.3 is 0 Å². The lowest BCUT2D eigenvalue weighted by Gasteiger charge is -2.09. The van der Waals surface area contributed by atoms with Gasteiger partial charge < -0.3 is 14.6 Å². The predicted octanol–water partition coefficient (Wildman–Crippen LogP) is 3.66. The molecule has 1 N–H and O–H groups in total. The summed E-state index contributed by atoms with van der Waals surface area (Å²) in [5.41, 5.74) is 1.03. The second-order valence-corrected chi connectivity index (χ2v) is 6.15. The molecule has 0 aliphatic rings. The smallest absolute Gasteiger partial charge is 0.203 e. The normalized spacial score (nSPS) is 10.9. The van der Waals surface area contributed by atoms with Crippen molar-refractivity contribution in [1.29, 1.82) is 0 Å². The third-order valence-electron chi connectivity index (χ3n) is 2.74. The number of aryl methyl sites for hydroxylation is 2. The van der Waals surface area contributed by atoms with Crippen molar-refractivity contribution < 1.29 is 4.74 Å². The van der Waals surface area contributed by atoms with E-state index in [1.807, 2.05) is 6.92 Å². The molecule has 0 amide bonds. The van der Waals surface area contributed by atoms with Gasteiger partial charge in [-0.05, 0) is 40.7 Å². The zero-order valence-corrected chi connectivity index (χ0v) is 13.6. The minimum absolute atomic E-state index is 0.771. The van der Waals surface area contributed by atoms with Crippen molar-refractivity contribution in [3.8, 4) is 0 Å². The molecule has 0 radical (unpaired) electrons. The molecule has 0 aromatic carbocycles. The summed E-state index contributed by atoms with van der Waals surface area (Å²) in [6.45, 7) is 4.49. The molecule has 0 aliphatic heterocycles. The molecule has 0 bridgehead atoms. The number of nitrogens with zero attached hydrogens (tertiary/aromatic N) is 2.